The van der Waals surface area contributed by atoms with Crippen molar-refractivity contribution in [1.29, 1.82) is 0 Å². The Balaban J connectivity index is 1.94. The van der Waals surface area contributed by atoms with Crippen molar-refractivity contribution < 1.29 is 4.79 Å². The third-order valence-corrected chi connectivity index (χ3v) is 5.15. The number of hydrazine groups is 1. The fourth-order valence-electron chi connectivity index (χ4n) is 2.69. The standard InChI is InChI=1S/C14H24N4OS/c1-10-11(8-13(20-10)14(19)16-15)9-18-6-4-12(5-7-18)17(2)3/h8,12H,4-7,9,15H2,1-3H3,(H,16,19). The molecule has 0 aromatic carbocycles. The van der Waals surface area contributed by atoms with Crippen LogP contribution < -0.4 is 11.3 Å². The van der Waals surface area contributed by atoms with Crippen LogP contribution in [0.4, 0.5) is 0 Å². The van der Waals surface area contributed by atoms with Crippen molar-refractivity contribution in [3.8, 4) is 0 Å². The fourth-order valence-corrected chi connectivity index (χ4v) is 3.63. The van der Waals surface area contributed by atoms with Crippen LogP contribution in [0.3, 0.4) is 0 Å². The molecule has 0 radical (unpaired) electrons. The van der Waals surface area contributed by atoms with Crippen LogP contribution in [0.2, 0.25) is 0 Å². The summed E-state index contributed by atoms with van der Waals surface area (Å²) in [5.41, 5.74) is 3.44. The Kier molecular flexibility index (Phi) is 5.15. The minimum Gasteiger partial charge on any atom is -0.306 e. The third-order valence-electron chi connectivity index (χ3n) is 4.06. The van der Waals surface area contributed by atoms with Crippen LogP contribution in [0.15, 0.2) is 6.07 Å². The molecule has 20 heavy (non-hydrogen) atoms. The largest absolute Gasteiger partial charge is 0.306 e. The van der Waals surface area contributed by atoms with E-state index in [9.17, 15) is 4.79 Å². The number of nitrogens with zero attached hydrogens (tertiary/aromatic N) is 2. The number of piperidine rings is 1. The van der Waals surface area contributed by atoms with Gasteiger partial charge >= 0.3 is 0 Å². The Bertz CT molecular complexity index is 464. The average molecular weight is 296 g/mol. The molecule has 1 fully saturated rings. The lowest BCUT2D eigenvalue weighted by molar-refractivity contribution is 0.0957. The highest BCUT2D eigenvalue weighted by Gasteiger charge is 2.21. The lowest BCUT2D eigenvalue weighted by atomic mass is 10.0. The molecule has 0 saturated carbocycles. The maximum atomic E-state index is 11.5. The van der Waals surface area contributed by atoms with Crippen molar-refractivity contribution in [1.82, 2.24) is 15.2 Å². The van der Waals surface area contributed by atoms with E-state index in [1.54, 1.807) is 0 Å². The molecule has 0 unspecified atom stereocenters. The summed E-state index contributed by atoms with van der Waals surface area (Å²) in [5, 5.41) is 0. The van der Waals surface area contributed by atoms with Crippen molar-refractivity contribution in [2.45, 2.75) is 32.4 Å². The summed E-state index contributed by atoms with van der Waals surface area (Å²) in [5.74, 6) is 4.98. The first-order valence-corrected chi connectivity index (χ1v) is 7.82. The molecular formula is C14H24N4OS. The van der Waals surface area contributed by atoms with Gasteiger partial charge in [-0.2, -0.15) is 0 Å². The molecule has 0 bridgehead atoms. The van der Waals surface area contributed by atoms with Gasteiger partial charge in [0.15, 0.2) is 0 Å². The molecule has 2 rings (SSSR count). The molecule has 1 aliphatic heterocycles. The highest BCUT2D eigenvalue weighted by Crippen LogP contribution is 2.24. The van der Waals surface area contributed by atoms with Crippen LogP contribution >= 0.6 is 11.3 Å². The van der Waals surface area contributed by atoms with E-state index in [0.717, 1.165) is 19.6 Å². The Morgan fingerprint density at radius 1 is 1.50 bits per heavy atom. The second-order valence-electron chi connectivity index (χ2n) is 5.64. The minimum absolute atomic E-state index is 0.198. The maximum absolute atomic E-state index is 11.5. The van der Waals surface area contributed by atoms with Crippen LogP contribution in [0.1, 0.15) is 33.0 Å². The second-order valence-corrected chi connectivity index (χ2v) is 6.89. The molecule has 1 aliphatic rings. The van der Waals surface area contributed by atoms with Gasteiger partial charge in [-0.1, -0.05) is 0 Å². The third kappa shape index (κ3) is 3.58. The first-order chi connectivity index (χ1) is 9.51. The number of rotatable bonds is 4. The van der Waals surface area contributed by atoms with E-state index < -0.39 is 0 Å². The molecule has 0 aliphatic carbocycles. The number of nitrogens with one attached hydrogen (secondary N) is 1. The molecule has 0 spiro atoms. The SMILES string of the molecule is Cc1sc(C(=O)NN)cc1CN1CCC(N(C)C)CC1. The van der Waals surface area contributed by atoms with Crippen molar-refractivity contribution in [2.24, 2.45) is 5.84 Å². The van der Waals surface area contributed by atoms with E-state index in [4.69, 9.17) is 5.84 Å². The van der Waals surface area contributed by atoms with Crippen molar-refractivity contribution in [2.75, 3.05) is 27.2 Å². The van der Waals surface area contributed by atoms with Gasteiger partial charge < -0.3 is 4.90 Å². The van der Waals surface area contributed by atoms with Crippen LogP contribution in [0.25, 0.3) is 0 Å². The first kappa shape index (κ1) is 15.4. The zero-order chi connectivity index (χ0) is 14.7. The summed E-state index contributed by atoms with van der Waals surface area (Å²) in [6.07, 6.45) is 2.43. The van der Waals surface area contributed by atoms with Crippen molar-refractivity contribution in [3.05, 3.63) is 21.4 Å². The van der Waals surface area contributed by atoms with Gasteiger partial charge in [-0.3, -0.25) is 15.1 Å². The maximum Gasteiger partial charge on any atom is 0.275 e. The Labute approximate surface area is 124 Å². The number of amides is 1. The smallest absolute Gasteiger partial charge is 0.275 e. The van der Waals surface area contributed by atoms with E-state index in [1.165, 1.54) is 34.6 Å². The first-order valence-electron chi connectivity index (χ1n) is 7.00. The normalized spacial score (nSPS) is 17.6. The Morgan fingerprint density at radius 3 is 2.70 bits per heavy atom. The number of thiophene rings is 1. The molecule has 112 valence electrons. The van der Waals surface area contributed by atoms with Crippen LogP contribution in [-0.4, -0.2) is 48.9 Å². The van der Waals surface area contributed by atoms with Gasteiger partial charge in [0.25, 0.3) is 5.91 Å². The predicted octanol–water partition coefficient (Wildman–Crippen LogP) is 1.19. The molecule has 1 amide bonds. The van der Waals surface area contributed by atoms with Gasteiger partial charge in [0.2, 0.25) is 0 Å². The average Bonchev–Trinajstić information content (AvgIpc) is 2.80. The van der Waals surface area contributed by atoms with Crippen LogP contribution in [-0.2, 0) is 6.54 Å². The van der Waals surface area contributed by atoms with Gasteiger partial charge in [0.1, 0.15) is 0 Å². The number of carbonyl (C=O) groups is 1. The number of nitrogens with two attached hydrogens (primary N) is 1. The van der Waals surface area contributed by atoms with Gasteiger partial charge in [-0.25, -0.2) is 5.84 Å². The minimum atomic E-state index is -0.198. The van der Waals surface area contributed by atoms with Crippen molar-refractivity contribution >= 4 is 17.2 Å². The molecule has 2 heterocycles. The Morgan fingerprint density at radius 2 is 2.15 bits per heavy atom. The summed E-state index contributed by atoms with van der Waals surface area (Å²) >= 11 is 1.51. The van der Waals surface area contributed by atoms with Crippen LogP contribution in [0, 0.1) is 6.92 Å². The number of likely N-dealkylation sites (tertiary alicyclic amines) is 1. The summed E-state index contributed by atoms with van der Waals surface area (Å²) in [6, 6.07) is 2.67. The molecule has 1 saturated heterocycles. The molecule has 0 atom stereocenters. The summed E-state index contributed by atoms with van der Waals surface area (Å²) < 4.78 is 0. The topological polar surface area (TPSA) is 61.6 Å². The molecule has 1 aromatic rings. The molecule has 1 aromatic heterocycles. The van der Waals surface area contributed by atoms with E-state index in [2.05, 4.69) is 36.2 Å². The van der Waals surface area contributed by atoms with Gasteiger partial charge in [-0.05, 0) is 58.6 Å². The summed E-state index contributed by atoms with van der Waals surface area (Å²) in [4.78, 5) is 18.2. The van der Waals surface area contributed by atoms with E-state index >= 15 is 0 Å². The predicted molar refractivity (Wildman–Crippen MR) is 82.7 cm³/mol. The number of hydrogen-bond acceptors (Lipinski definition) is 5. The van der Waals surface area contributed by atoms with Crippen molar-refractivity contribution in [3.63, 3.8) is 0 Å². The van der Waals surface area contributed by atoms with Gasteiger partial charge in [0.05, 0.1) is 4.88 Å². The number of nitrogen functional groups attached to an aromatic ring is 1. The lowest BCUT2D eigenvalue weighted by Crippen LogP contribution is -2.41. The second kappa shape index (κ2) is 6.67. The van der Waals surface area contributed by atoms with E-state index in [-0.39, 0.29) is 5.91 Å². The van der Waals surface area contributed by atoms with Gasteiger partial charge in [-0.15, -0.1) is 11.3 Å². The fraction of sp³-hybridized carbons (Fsp3) is 0.643. The zero-order valence-electron chi connectivity index (χ0n) is 12.5. The molecule has 3 N–H and O–H groups in total. The number of hydrogen-bond donors (Lipinski definition) is 2. The highest BCUT2D eigenvalue weighted by atomic mass is 32.1. The van der Waals surface area contributed by atoms with Gasteiger partial charge in [0, 0.05) is 17.5 Å². The molecule has 5 nitrogen and oxygen atoms in total. The molecular weight excluding hydrogens is 272 g/mol. The summed E-state index contributed by atoms with van der Waals surface area (Å²) in [6.45, 7) is 5.24. The summed E-state index contributed by atoms with van der Waals surface area (Å²) in [7, 11) is 4.31. The van der Waals surface area contributed by atoms with E-state index in [0.29, 0.717) is 10.9 Å². The zero-order valence-corrected chi connectivity index (χ0v) is 13.3. The van der Waals surface area contributed by atoms with E-state index in [1.807, 2.05) is 6.07 Å². The highest BCUT2D eigenvalue weighted by molar-refractivity contribution is 7.14. The number of aryl methyl sites for hydroxylation is 1. The molecule has 6 heteroatoms. The Hall–Kier alpha value is -0.950. The number of carbonyl (C=O) groups excluding carboxylic acids is 1. The monoisotopic (exact) mass is 296 g/mol. The quantitative estimate of drug-likeness (QED) is 0.498. The van der Waals surface area contributed by atoms with Crippen LogP contribution in [0.5, 0.6) is 0 Å². The lowest BCUT2D eigenvalue weighted by Gasteiger charge is -2.35.